The van der Waals surface area contributed by atoms with Gasteiger partial charge in [0.15, 0.2) is 0 Å². The topological polar surface area (TPSA) is 0 Å². The summed E-state index contributed by atoms with van der Waals surface area (Å²) in [6.45, 7) is 9.69. The van der Waals surface area contributed by atoms with Gasteiger partial charge in [0.1, 0.15) is 0 Å². The highest BCUT2D eigenvalue weighted by atomic mass is 14.4. The van der Waals surface area contributed by atoms with Gasteiger partial charge in [-0.15, -0.1) is 0 Å². The van der Waals surface area contributed by atoms with E-state index in [0.717, 1.165) is 0 Å². The Balaban J connectivity index is 2.67. The predicted molar refractivity (Wildman–Crippen MR) is 55.3 cm³/mol. The molecule has 0 amide bonds. The average Bonchev–Trinajstić information content (AvgIpc) is 2.12. The summed E-state index contributed by atoms with van der Waals surface area (Å²) in [5.74, 6) is 0. The van der Waals surface area contributed by atoms with Crippen LogP contribution in [0, 0.1) is 10.8 Å². The molecule has 0 aliphatic heterocycles. The van der Waals surface area contributed by atoms with Crippen molar-refractivity contribution in [2.75, 3.05) is 0 Å². The smallest absolute Gasteiger partial charge is 0.0277 e. The van der Waals surface area contributed by atoms with E-state index in [1.165, 1.54) is 38.5 Å². The van der Waals surface area contributed by atoms with E-state index in [1.54, 1.807) is 0 Å². The van der Waals surface area contributed by atoms with E-state index in [-0.39, 0.29) is 0 Å². The monoisotopic (exact) mass is 168 g/mol. The van der Waals surface area contributed by atoms with Crippen LogP contribution in [0.2, 0.25) is 0 Å². The molecule has 0 unspecified atom stereocenters. The van der Waals surface area contributed by atoms with E-state index >= 15 is 0 Å². The summed E-state index contributed by atoms with van der Waals surface area (Å²) in [6, 6.07) is 0. The quantitative estimate of drug-likeness (QED) is 0.470. The highest BCUT2D eigenvalue weighted by Crippen LogP contribution is 2.47. The summed E-state index contributed by atoms with van der Waals surface area (Å²) in [7, 11) is 0. The zero-order valence-electron chi connectivity index (χ0n) is 9.24. The molecule has 0 heteroatoms. The molecule has 12 heavy (non-hydrogen) atoms. The molecule has 0 N–H and O–H groups in total. The maximum atomic E-state index is 2.48. The van der Waals surface area contributed by atoms with Crippen molar-refractivity contribution in [2.24, 2.45) is 10.8 Å². The van der Waals surface area contributed by atoms with Crippen LogP contribution in [0.1, 0.15) is 66.2 Å². The molecule has 1 rings (SSSR count). The van der Waals surface area contributed by atoms with Crippen LogP contribution in [0.4, 0.5) is 0 Å². The molecule has 0 spiro atoms. The molecule has 0 saturated heterocycles. The molecule has 0 aromatic heterocycles. The lowest BCUT2D eigenvalue weighted by molar-refractivity contribution is 0.0878. The summed E-state index contributed by atoms with van der Waals surface area (Å²) in [5, 5.41) is 0. The number of rotatable bonds is 0. The first-order valence-corrected chi connectivity index (χ1v) is 5.46. The Hall–Kier alpha value is 0. The Labute approximate surface area is 77.7 Å². The Morgan fingerprint density at radius 1 is 0.833 bits per heavy atom. The van der Waals surface area contributed by atoms with Crippen molar-refractivity contribution >= 4 is 0 Å². The summed E-state index contributed by atoms with van der Waals surface area (Å²) in [4.78, 5) is 0. The SMILES string of the molecule is CC(C)(C)C1(C)CCCCCC1. The third-order valence-electron chi connectivity index (χ3n) is 4.02. The third kappa shape index (κ3) is 2.02. The fourth-order valence-electron chi connectivity index (χ4n) is 2.26. The van der Waals surface area contributed by atoms with Crippen LogP contribution >= 0.6 is 0 Å². The molecule has 0 heterocycles. The minimum absolute atomic E-state index is 0.497. The molecule has 1 saturated carbocycles. The molecule has 1 aliphatic carbocycles. The second-order valence-corrected chi connectivity index (χ2v) is 5.72. The van der Waals surface area contributed by atoms with E-state index < -0.39 is 0 Å². The first-order chi connectivity index (χ1) is 5.46. The van der Waals surface area contributed by atoms with E-state index in [4.69, 9.17) is 0 Å². The second-order valence-electron chi connectivity index (χ2n) is 5.72. The van der Waals surface area contributed by atoms with Crippen molar-refractivity contribution in [3.8, 4) is 0 Å². The van der Waals surface area contributed by atoms with Crippen LogP contribution < -0.4 is 0 Å². The van der Waals surface area contributed by atoms with Crippen molar-refractivity contribution < 1.29 is 0 Å². The summed E-state index contributed by atoms with van der Waals surface area (Å²) in [5.41, 5.74) is 1.10. The van der Waals surface area contributed by atoms with Crippen molar-refractivity contribution in [1.29, 1.82) is 0 Å². The van der Waals surface area contributed by atoms with Gasteiger partial charge in [-0.3, -0.25) is 0 Å². The van der Waals surface area contributed by atoms with Gasteiger partial charge in [0.05, 0.1) is 0 Å². The van der Waals surface area contributed by atoms with Gasteiger partial charge < -0.3 is 0 Å². The average molecular weight is 168 g/mol. The van der Waals surface area contributed by atoms with Crippen molar-refractivity contribution in [2.45, 2.75) is 66.2 Å². The van der Waals surface area contributed by atoms with Gasteiger partial charge >= 0.3 is 0 Å². The molecule has 0 atom stereocenters. The van der Waals surface area contributed by atoms with Gasteiger partial charge in [0.25, 0.3) is 0 Å². The second kappa shape index (κ2) is 3.40. The van der Waals surface area contributed by atoms with Crippen LogP contribution in [0.3, 0.4) is 0 Å². The lowest BCUT2D eigenvalue weighted by atomic mass is 9.64. The van der Waals surface area contributed by atoms with Gasteiger partial charge in [0, 0.05) is 0 Å². The molecular formula is C12H24. The first kappa shape index (κ1) is 10.1. The molecule has 0 bridgehead atoms. The van der Waals surface area contributed by atoms with Gasteiger partial charge in [-0.25, -0.2) is 0 Å². The summed E-state index contributed by atoms with van der Waals surface area (Å²) < 4.78 is 0. The van der Waals surface area contributed by atoms with Crippen LogP contribution in [-0.4, -0.2) is 0 Å². The van der Waals surface area contributed by atoms with Crippen LogP contribution in [-0.2, 0) is 0 Å². The summed E-state index contributed by atoms with van der Waals surface area (Å²) >= 11 is 0. The maximum absolute atomic E-state index is 2.48. The van der Waals surface area contributed by atoms with E-state index in [0.29, 0.717) is 10.8 Å². The molecule has 0 radical (unpaired) electrons. The largest absolute Gasteiger partial charge is 0.0597 e. The maximum Gasteiger partial charge on any atom is -0.0277 e. The minimum Gasteiger partial charge on any atom is -0.0597 e. The zero-order chi connectivity index (χ0) is 9.24. The first-order valence-electron chi connectivity index (χ1n) is 5.46. The molecule has 0 aromatic carbocycles. The molecule has 0 aromatic rings. The van der Waals surface area contributed by atoms with E-state index in [1.807, 2.05) is 0 Å². The van der Waals surface area contributed by atoms with Crippen molar-refractivity contribution in [3.63, 3.8) is 0 Å². The lowest BCUT2D eigenvalue weighted by Gasteiger charge is -2.41. The summed E-state index contributed by atoms with van der Waals surface area (Å²) in [6.07, 6.45) is 8.71. The molecular weight excluding hydrogens is 144 g/mol. The van der Waals surface area contributed by atoms with Crippen LogP contribution in [0.25, 0.3) is 0 Å². The molecule has 72 valence electrons. The fourth-order valence-corrected chi connectivity index (χ4v) is 2.26. The fraction of sp³-hybridized carbons (Fsp3) is 1.00. The Bertz CT molecular complexity index is 131. The normalized spacial score (nSPS) is 25.0. The minimum atomic E-state index is 0.497. The van der Waals surface area contributed by atoms with Gasteiger partial charge in [-0.1, -0.05) is 53.4 Å². The Morgan fingerprint density at radius 3 is 1.58 bits per heavy atom. The van der Waals surface area contributed by atoms with Crippen molar-refractivity contribution in [3.05, 3.63) is 0 Å². The van der Waals surface area contributed by atoms with Gasteiger partial charge in [-0.05, 0) is 23.7 Å². The van der Waals surface area contributed by atoms with E-state index in [9.17, 15) is 0 Å². The zero-order valence-corrected chi connectivity index (χ0v) is 9.24. The highest BCUT2D eigenvalue weighted by Gasteiger charge is 2.36. The van der Waals surface area contributed by atoms with Crippen molar-refractivity contribution in [1.82, 2.24) is 0 Å². The van der Waals surface area contributed by atoms with Crippen LogP contribution in [0.5, 0.6) is 0 Å². The predicted octanol–water partition coefficient (Wildman–Crippen LogP) is 4.39. The molecule has 1 fully saturated rings. The molecule has 0 nitrogen and oxygen atoms in total. The van der Waals surface area contributed by atoms with E-state index in [2.05, 4.69) is 27.7 Å². The Kier molecular flexibility index (Phi) is 2.85. The van der Waals surface area contributed by atoms with Crippen LogP contribution in [0.15, 0.2) is 0 Å². The molecule has 1 aliphatic rings. The Morgan fingerprint density at radius 2 is 1.25 bits per heavy atom. The third-order valence-corrected chi connectivity index (χ3v) is 4.02. The van der Waals surface area contributed by atoms with Gasteiger partial charge in [-0.2, -0.15) is 0 Å². The number of hydrogen-bond acceptors (Lipinski definition) is 0. The van der Waals surface area contributed by atoms with Gasteiger partial charge in [0.2, 0.25) is 0 Å². The number of hydrogen-bond donors (Lipinski definition) is 0. The highest BCUT2D eigenvalue weighted by molar-refractivity contribution is 4.87. The lowest BCUT2D eigenvalue weighted by Crippen LogP contribution is -2.32. The standard InChI is InChI=1S/C12H24/c1-11(2,3)12(4)9-7-5-6-8-10-12/h5-10H2,1-4H3.